The van der Waals surface area contributed by atoms with Gasteiger partial charge < -0.3 is 4.90 Å². The van der Waals surface area contributed by atoms with Gasteiger partial charge in [-0.05, 0) is 130 Å². The van der Waals surface area contributed by atoms with E-state index in [0.29, 0.717) is 0 Å². The number of hydrogen-bond acceptors (Lipinski definition) is 1. The van der Waals surface area contributed by atoms with Crippen LogP contribution in [0.5, 0.6) is 0 Å². The van der Waals surface area contributed by atoms with Crippen LogP contribution in [0, 0.1) is 0 Å². The van der Waals surface area contributed by atoms with Crippen molar-refractivity contribution in [3.63, 3.8) is 0 Å². The summed E-state index contributed by atoms with van der Waals surface area (Å²) in [6, 6.07) is 86.2. The number of fused-ring (bicyclic) bond motifs is 6. The van der Waals surface area contributed by atoms with Gasteiger partial charge in [0.25, 0.3) is 0 Å². The van der Waals surface area contributed by atoms with Crippen LogP contribution in [-0.4, -0.2) is 0 Å². The standard InChI is InChI=1S/C58H39N/c1-3-12-40(13-4-1)46-17-11-18-50(38-46)59(49-32-26-44(27-33-49)53-37-36-52(42-14-5-2-6-15-42)54-20-9-10-21-55(53)54)48-30-24-41(25-31-48)47-23-22-45-29-34-56-51-19-8-7-16-43(51)28-35-57(56)58(45)39-47/h1-39H. The summed E-state index contributed by atoms with van der Waals surface area (Å²) in [4.78, 5) is 2.37. The summed E-state index contributed by atoms with van der Waals surface area (Å²) in [5.41, 5.74) is 13.0. The highest BCUT2D eigenvalue weighted by molar-refractivity contribution is 6.17. The van der Waals surface area contributed by atoms with Gasteiger partial charge in [0.15, 0.2) is 0 Å². The topological polar surface area (TPSA) is 3.24 Å². The van der Waals surface area contributed by atoms with E-state index in [1.54, 1.807) is 0 Å². The number of anilines is 3. The molecule has 276 valence electrons. The molecule has 0 heterocycles. The Bertz CT molecular complexity index is 3290. The van der Waals surface area contributed by atoms with Crippen LogP contribution in [0.4, 0.5) is 17.1 Å². The summed E-state index contributed by atoms with van der Waals surface area (Å²) in [5, 5.41) is 10.2. The quantitative estimate of drug-likeness (QED) is 0.147. The van der Waals surface area contributed by atoms with E-state index in [1.807, 2.05) is 0 Å². The summed E-state index contributed by atoms with van der Waals surface area (Å²) in [6.45, 7) is 0. The van der Waals surface area contributed by atoms with Crippen LogP contribution >= 0.6 is 0 Å². The fraction of sp³-hybridized carbons (Fsp3) is 0. The van der Waals surface area contributed by atoms with E-state index in [4.69, 9.17) is 0 Å². The molecule has 1 nitrogen and oxygen atoms in total. The van der Waals surface area contributed by atoms with Crippen molar-refractivity contribution in [3.05, 3.63) is 237 Å². The zero-order chi connectivity index (χ0) is 39.1. The molecular formula is C58H39N. The van der Waals surface area contributed by atoms with E-state index in [9.17, 15) is 0 Å². The van der Waals surface area contributed by atoms with Crippen molar-refractivity contribution in [1.29, 1.82) is 0 Å². The summed E-state index contributed by atoms with van der Waals surface area (Å²) >= 11 is 0. The molecule has 11 aromatic rings. The number of hydrogen-bond donors (Lipinski definition) is 0. The summed E-state index contributed by atoms with van der Waals surface area (Å²) in [6.07, 6.45) is 0. The van der Waals surface area contributed by atoms with Crippen molar-refractivity contribution in [3.8, 4) is 44.5 Å². The van der Waals surface area contributed by atoms with E-state index in [2.05, 4.69) is 241 Å². The zero-order valence-corrected chi connectivity index (χ0v) is 32.5. The van der Waals surface area contributed by atoms with Crippen molar-refractivity contribution in [2.24, 2.45) is 0 Å². The van der Waals surface area contributed by atoms with Gasteiger partial charge in [0.1, 0.15) is 0 Å². The molecule has 0 radical (unpaired) electrons. The van der Waals surface area contributed by atoms with Gasteiger partial charge in [0.05, 0.1) is 0 Å². The first-order valence-corrected chi connectivity index (χ1v) is 20.3. The van der Waals surface area contributed by atoms with Crippen molar-refractivity contribution in [2.75, 3.05) is 4.90 Å². The van der Waals surface area contributed by atoms with E-state index in [0.717, 1.165) is 17.1 Å². The van der Waals surface area contributed by atoms with Gasteiger partial charge in [0.2, 0.25) is 0 Å². The molecule has 0 N–H and O–H groups in total. The molecule has 0 fully saturated rings. The highest BCUT2D eigenvalue weighted by Gasteiger charge is 2.16. The zero-order valence-electron chi connectivity index (χ0n) is 32.5. The van der Waals surface area contributed by atoms with E-state index in [1.165, 1.54) is 87.6 Å². The van der Waals surface area contributed by atoms with Gasteiger partial charge >= 0.3 is 0 Å². The molecule has 11 rings (SSSR count). The first-order valence-electron chi connectivity index (χ1n) is 20.3. The SMILES string of the molecule is c1ccc(-c2cccc(N(c3ccc(-c4ccc5ccc6c7ccccc7ccc6c5c4)cc3)c3ccc(-c4ccc(-c5ccccc5)c5ccccc45)cc3)c2)cc1. The summed E-state index contributed by atoms with van der Waals surface area (Å²) in [7, 11) is 0. The highest BCUT2D eigenvalue weighted by atomic mass is 15.1. The molecule has 0 saturated heterocycles. The number of nitrogens with zero attached hydrogens (tertiary/aromatic N) is 1. The molecule has 0 spiro atoms. The van der Waals surface area contributed by atoms with E-state index >= 15 is 0 Å². The Labute approximate surface area is 344 Å². The predicted octanol–water partition coefficient (Wildman–Crippen LogP) is 16.4. The minimum Gasteiger partial charge on any atom is -0.310 e. The molecule has 0 aromatic heterocycles. The molecule has 0 atom stereocenters. The first-order chi connectivity index (χ1) is 29.2. The number of rotatable bonds is 7. The Balaban J connectivity index is 0.989. The van der Waals surface area contributed by atoms with Gasteiger partial charge in [-0.15, -0.1) is 0 Å². The van der Waals surface area contributed by atoms with Crippen LogP contribution < -0.4 is 4.90 Å². The normalized spacial score (nSPS) is 11.4. The second kappa shape index (κ2) is 14.6. The van der Waals surface area contributed by atoms with Gasteiger partial charge in [-0.2, -0.15) is 0 Å². The van der Waals surface area contributed by atoms with Crippen molar-refractivity contribution in [1.82, 2.24) is 0 Å². The van der Waals surface area contributed by atoms with Crippen LogP contribution in [0.1, 0.15) is 0 Å². The predicted molar refractivity (Wildman–Crippen MR) is 253 cm³/mol. The third-order valence-corrected chi connectivity index (χ3v) is 11.9. The summed E-state index contributed by atoms with van der Waals surface area (Å²) in [5.74, 6) is 0. The average Bonchev–Trinajstić information content (AvgIpc) is 3.32. The molecule has 0 aliphatic rings. The molecule has 0 amide bonds. The van der Waals surface area contributed by atoms with E-state index < -0.39 is 0 Å². The summed E-state index contributed by atoms with van der Waals surface area (Å²) < 4.78 is 0. The lowest BCUT2D eigenvalue weighted by molar-refractivity contribution is 1.28. The van der Waals surface area contributed by atoms with Crippen molar-refractivity contribution >= 4 is 60.2 Å². The molecule has 0 saturated carbocycles. The smallest absolute Gasteiger partial charge is 0.0467 e. The van der Waals surface area contributed by atoms with Crippen LogP contribution in [-0.2, 0) is 0 Å². The van der Waals surface area contributed by atoms with Crippen LogP contribution in [0.25, 0.3) is 87.6 Å². The molecular weight excluding hydrogens is 711 g/mol. The molecule has 0 aliphatic carbocycles. The Morgan fingerprint density at radius 1 is 0.203 bits per heavy atom. The van der Waals surface area contributed by atoms with Crippen molar-refractivity contribution in [2.45, 2.75) is 0 Å². The maximum atomic E-state index is 2.37. The third kappa shape index (κ3) is 6.30. The lowest BCUT2D eigenvalue weighted by atomic mass is 9.92. The van der Waals surface area contributed by atoms with Gasteiger partial charge in [-0.3, -0.25) is 0 Å². The first kappa shape index (κ1) is 34.5. The third-order valence-electron chi connectivity index (χ3n) is 11.9. The minimum atomic E-state index is 1.10. The second-order valence-corrected chi connectivity index (χ2v) is 15.3. The maximum absolute atomic E-state index is 2.37. The minimum absolute atomic E-state index is 1.10. The largest absolute Gasteiger partial charge is 0.310 e. The van der Waals surface area contributed by atoms with Crippen LogP contribution in [0.2, 0.25) is 0 Å². The Kier molecular flexibility index (Phi) is 8.56. The van der Waals surface area contributed by atoms with Gasteiger partial charge in [0, 0.05) is 17.1 Å². The number of benzene rings is 11. The second-order valence-electron chi connectivity index (χ2n) is 15.3. The Morgan fingerprint density at radius 3 is 1.31 bits per heavy atom. The molecule has 59 heavy (non-hydrogen) atoms. The molecule has 0 bridgehead atoms. The highest BCUT2D eigenvalue weighted by Crippen LogP contribution is 2.41. The molecule has 0 unspecified atom stereocenters. The average molecular weight is 750 g/mol. The Morgan fingerprint density at radius 2 is 0.644 bits per heavy atom. The van der Waals surface area contributed by atoms with Gasteiger partial charge in [-0.1, -0.05) is 194 Å². The lowest BCUT2D eigenvalue weighted by Crippen LogP contribution is -2.10. The molecule has 1 heteroatoms. The maximum Gasteiger partial charge on any atom is 0.0467 e. The fourth-order valence-electron chi connectivity index (χ4n) is 8.91. The molecule has 0 aliphatic heterocycles. The van der Waals surface area contributed by atoms with Crippen LogP contribution in [0.3, 0.4) is 0 Å². The van der Waals surface area contributed by atoms with Crippen LogP contribution in [0.15, 0.2) is 237 Å². The monoisotopic (exact) mass is 749 g/mol. The Hall–Kier alpha value is -7.74. The lowest BCUT2D eigenvalue weighted by Gasteiger charge is -2.26. The van der Waals surface area contributed by atoms with E-state index in [-0.39, 0.29) is 0 Å². The van der Waals surface area contributed by atoms with Crippen molar-refractivity contribution < 1.29 is 0 Å². The van der Waals surface area contributed by atoms with Gasteiger partial charge in [-0.25, -0.2) is 0 Å². The molecule has 11 aromatic carbocycles. The fourth-order valence-corrected chi connectivity index (χ4v) is 8.91.